The van der Waals surface area contributed by atoms with Crippen molar-refractivity contribution in [3.63, 3.8) is 0 Å². The van der Waals surface area contributed by atoms with E-state index in [9.17, 15) is 13.2 Å². The molecule has 0 aliphatic carbocycles. The number of carbonyl (C=O) groups excluding carboxylic acids is 1. The van der Waals surface area contributed by atoms with Crippen molar-refractivity contribution in [3.05, 3.63) is 63.6 Å². The van der Waals surface area contributed by atoms with Gasteiger partial charge in [0.15, 0.2) is 0 Å². The zero-order valence-corrected chi connectivity index (χ0v) is 20.1. The van der Waals surface area contributed by atoms with Gasteiger partial charge in [-0.05, 0) is 38.1 Å². The Bertz CT molecular complexity index is 1290. The molecule has 1 aromatic heterocycles. The topological polar surface area (TPSA) is 110 Å². The number of halogens is 2. The fraction of sp³-hybridized carbons (Fsp3) is 0.250. The highest BCUT2D eigenvalue weighted by Crippen LogP contribution is 2.40. The van der Waals surface area contributed by atoms with Gasteiger partial charge in [-0.25, -0.2) is 13.1 Å². The van der Waals surface area contributed by atoms with Crippen LogP contribution in [0, 0.1) is 0 Å². The average Bonchev–Trinajstić information content (AvgIpc) is 3.16. The number of carbonyl (C=O) groups is 1. The molecule has 2 heterocycles. The summed E-state index contributed by atoms with van der Waals surface area (Å²) in [4.78, 5) is 12.5. The summed E-state index contributed by atoms with van der Waals surface area (Å²) in [6, 6.07) is 11.2. The number of ether oxygens (including phenoxy) is 1. The first-order valence-electron chi connectivity index (χ1n) is 9.44. The van der Waals surface area contributed by atoms with Gasteiger partial charge in [-0.1, -0.05) is 52.7 Å². The molecule has 0 saturated carbocycles. The zero-order chi connectivity index (χ0) is 23.1. The Morgan fingerprint density at radius 2 is 1.94 bits per heavy atom. The molecule has 1 aliphatic rings. The third-order valence-corrected chi connectivity index (χ3v) is 7.93. The number of nitrogens with one attached hydrogen (secondary N) is 2. The lowest BCUT2D eigenvalue weighted by Gasteiger charge is -2.37. The van der Waals surface area contributed by atoms with Gasteiger partial charge in [0.25, 0.3) is 15.9 Å². The molecule has 0 radical (unpaired) electrons. The minimum absolute atomic E-state index is 0.0223. The number of anilines is 1. The number of aromatic nitrogens is 2. The molecule has 0 unspecified atom stereocenters. The van der Waals surface area contributed by atoms with Crippen molar-refractivity contribution in [2.75, 3.05) is 5.32 Å². The van der Waals surface area contributed by atoms with Crippen LogP contribution in [-0.2, 0) is 10.0 Å². The van der Waals surface area contributed by atoms with E-state index < -0.39 is 27.6 Å². The smallest absolute Gasteiger partial charge is 0.270 e. The highest BCUT2D eigenvalue weighted by Gasteiger charge is 2.36. The molecular formula is C20H18Cl2N4O4S2. The number of hydrogen-bond acceptors (Lipinski definition) is 7. The van der Waals surface area contributed by atoms with E-state index in [1.54, 1.807) is 6.07 Å². The fourth-order valence-electron chi connectivity index (χ4n) is 3.35. The Morgan fingerprint density at radius 3 is 2.69 bits per heavy atom. The minimum Gasteiger partial charge on any atom is -0.487 e. The number of hydrogen-bond donors (Lipinski definition) is 2. The molecule has 4 rings (SSSR count). The van der Waals surface area contributed by atoms with Crippen LogP contribution in [0.25, 0.3) is 0 Å². The first kappa shape index (κ1) is 22.9. The van der Waals surface area contributed by atoms with E-state index in [1.807, 2.05) is 32.0 Å². The van der Waals surface area contributed by atoms with E-state index in [0.717, 1.165) is 16.9 Å². The van der Waals surface area contributed by atoms with Crippen LogP contribution < -0.4 is 14.8 Å². The van der Waals surface area contributed by atoms with E-state index in [1.165, 1.54) is 18.2 Å². The number of sulfonamides is 1. The quantitative estimate of drug-likeness (QED) is 0.480. The Balaban J connectivity index is 1.53. The second-order valence-electron chi connectivity index (χ2n) is 7.73. The van der Waals surface area contributed by atoms with Gasteiger partial charge in [-0.3, -0.25) is 10.1 Å². The Hall–Kier alpha value is -2.24. The van der Waals surface area contributed by atoms with Crippen molar-refractivity contribution in [2.24, 2.45) is 0 Å². The summed E-state index contributed by atoms with van der Waals surface area (Å²) in [5.74, 6) is 0.0707. The van der Waals surface area contributed by atoms with Crippen molar-refractivity contribution in [1.82, 2.24) is 14.9 Å². The van der Waals surface area contributed by atoms with Gasteiger partial charge in [-0.15, -0.1) is 10.2 Å². The summed E-state index contributed by atoms with van der Waals surface area (Å²) in [5, 5.41) is 10.6. The predicted molar refractivity (Wildman–Crippen MR) is 123 cm³/mol. The number of fused-ring (bicyclic) bond motifs is 1. The molecule has 12 heteroatoms. The maximum Gasteiger partial charge on any atom is 0.270 e. The summed E-state index contributed by atoms with van der Waals surface area (Å²) >= 11 is 12.6. The fourth-order valence-corrected chi connectivity index (χ4v) is 5.97. The summed E-state index contributed by atoms with van der Waals surface area (Å²) in [6.07, 6.45) is 0.431. The van der Waals surface area contributed by atoms with Gasteiger partial charge in [0.2, 0.25) is 9.47 Å². The first-order chi connectivity index (χ1) is 15.0. The van der Waals surface area contributed by atoms with Crippen LogP contribution in [0.3, 0.4) is 0 Å². The van der Waals surface area contributed by atoms with Crippen LogP contribution in [-0.4, -0.2) is 30.1 Å². The second-order valence-corrected chi connectivity index (χ2v) is 11.4. The number of rotatable bonds is 5. The molecule has 1 amide bonds. The lowest BCUT2D eigenvalue weighted by Crippen LogP contribution is -2.41. The molecule has 0 bridgehead atoms. The molecule has 8 nitrogen and oxygen atoms in total. The van der Waals surface area contributed by atoms with Crippen LogP contribution >= 0.6 is 34.5 Å². The molecular weight excluding hydrogens is 495 g/mol. The summed E-state index contributed by atoms with van der Waals surface area (Å²) in [5.41, 5.74) is 0.361. The third kappa shape index (κ3) is 4.89. The molecule has 0 fully saturated rings. The monoisotopic (exact) mass is 512 g/mol. The lowest BCUT2D eigenvalue weighted by molar-refractivity contribution is 0.0702. The van der Waals surface area contributed by atoms with E-state index in [4.69, 9.17) is 27.9 Å². The second kappa shape index (κ2) is 8.60. The average molecular weight is 513 g/mol. The lowest BCUT2D eigenvalue weighted by atomic mass is 9.90. The summed E-state index contributed by atoms with van der Waals surface area (Å²) in [7, 11) is -4.00. The Morgan fingerprint density at radius 1 is 1.19 bits per heavy atom. The van der Waals surface area contributed by atoms with E-state index >= 15 is 0 Å². The summed E-state index contributed by atoms with van der Waals surface area (Å²) < 4.78 is 34.4. The molecule has 32 heavy (non-hydrogen) atoms. The SMILES string of the molecule is CC1(C)C[C@H](NS(=O)(=O)c2nnc(NC(=O)c3ccc(Cl)cc3Cl)s2)c2ccccc2O1. The van der Waals surface area contributed by atoms with Gasteiger partial charge >= 0.3 is 0 Å². The van der Waals surface area contributed by atoms with Gasteiger partial charge < -0.3 is 4.74 Å². The highest BCUT2D eigenvalue weighted by atomic mass is 35.5. The van der Waals surface area contributed by atoms with Crippen molar-refractivity contribution in [2.45, 2.75) is 36.3 Å². The maximum atomic E-state index is 13.0. The Labute approximate surface area is 199 Å². The highest BCUT2D eigenvalue weighted by molar-refractivity contribution is 7.91. The molecule has 0 saturated heterocycles. The van der Waals surface area contributed by atoms with E-state index in [-0.39, 0.29) is 20.1 Å². The number of benzene rings is 2. The number of para-hydroxylation sites is 1. The van der Waals surface area contributed by atoms with Gasteiger partial charge in [0.05, 0.1) is 16.6 Å². The molecule has 1 aliphatic heterocycles. The van der Waals surface area contributed by atoms with Gasteiger partial charge in [0, 0.05) is 17.0 Å². The van der Waals surface area contributed by atoms with Crippen LogP contribution in [0.4, 0.5) is 5.13 Å². The largest absolute Gasteiger partial charge is 0.487 e. The molecule has 0 spiro atoms. The standard InChI is InChI=1S/C20H18Cl2N4O4S2/c1-20(2)10-15(13-5-3-4-6-16(13)30-20)26-32(28,29)19-25-24-18(31-19)23-17(27)12-8-7-11(21)9-14(12)22/h3-9,15,26H,10H2,1-2H3,(H,23,24,27)/t15-/m0/s1. The van der Waals surface area contributed by atoms with Gasteiger partial charge in [0.1, 0.15) is 11.4 Å². The Kier molecular flexibility index (Phi) is 6.17. The maximum absolute atomic E-state index is 13.0. The third-order valence-electron chi connectivity index (χ3n) is 4.71. The summed E-state index contributed by atoms with van der Waals surface area (Å²) in [6.45, 7) is 3.79. The normalized spacial score (nSPS) is 17.3. The van der Waals surface area contributed by atoms with E-state index in [2.05, 4.69) is 20.2 Å². The van der Waals surface area contributed by atoms with Crippen LogP contribution in [0.15, 0.2) is 46.8 Å². The van der Waals surface area contributed by atoms with Crippen LogP contribution in [0.5, 0.6) is 5.75 Å². The van der Waals surface area contributed by atoms with Crippen molar-refractivity contribution >= 4 is 55.6 Å². The van der Waals surface area contributed by atoms with Gasteiger partial charge in [-0.2, -0.15) is 0 Å². The van der Waals surface area contributed by atoms with Crippen molar-refractivity contribution in [1.29, 1.82) is 0 Å². The minimum atomic E-state index is -4.00. The number of amides is 1. The van der Waals surface area contributed by atoms with Crippen LogP contribution in [0.1, 0.15) is 42.2 Å². The van der Waals surface area contributed by atoms with Crippen LogP contribution in [0.2, 0.25) is 10.0 Å². The number of nitrogens with zero attached hydrogens (tertiary/aromatic N) is 2. The zero-order valence-electron chi connectivity index (χ0n) is 16.9. The van der Waals surface area contributed by atoms with Crippen molar-refractivity contribution in [3.8, 4) is 5.75 Å². The first-order valence-corrected chi connectivity index (χ1v) is 12.5. The molecule has 168 valence electrons. The molecule has 1 atom stereocenters. The molecule has 2 N–H and O–H groups in total. The molecule has 2 aromatic carbocycles. The van der Waals surface area contributed by atoms with E-state index in [0.29, 0.717) is 17.2 Å². The molecule has 3 aromatic rings. The predicted octanol–water partition coefficient (Wildman–Crippen LogP) is 4.68. The van der Waals surface area contributed by atoms with Crippen molar-refractivity contribution < 1.29 is 17.9 Å².